The Labute approximate surface area is 124 Å². The summed E-state index contributed by atoms with van der Waals surface area (Å²) >= 11 is 1.25. The second-order valence-electron chi connectivity index (χ2n) is 4.00. The third kappa shape index (κ3) is 3.13. The fraction of sp³-hybridized carbons (Fsp3) is 0.214. The summed E-state index contributed by atoms with van der Waals surface area (Å²) in [5.41, 5.74) is -0.261. The Morgan fingerprint density at radius 3 is 2.62 bits per heavy atom. The number of aromatic nitrogens is 2. The molecule has 0 bridgehead atoms. The molecule has 0 saturated carbocycles. The lowest BCUT2D eigenvalue weighted by Crippen LogP contribution is -2.28. The van der Waals surface area contributed by atoms with Crippen molar-refractivity contribution in [2.75, 3.05) is 12.9 Å². The molecule has 0 aliphatic carbocycles. The molecule has 7 heteroatoms. The third-order valence-electron chi connectivity index (χ3n) is 2.69. The first-order valence-electron chi connectivity index (χ1n) is 6.17. The van der Waals surface area contributed by atoms with Crippen LogP contribution in [-0.4, -0.2) is 28.4 Å². The van der Waals surface area contributed by atoms with E-state index in [2.05, 4.69) is 4.98 Å². The predicted octanol–water partition coefficient (Wildman–Crippen LogP) is 2.27. The Bertz CT molecular complexity index is 713. The highest BCUT2D eigenvalue weighted by atomic mass is 32.2. The number of rotatable bonds is 4. The summed E-state index contributed by atoms with van der Waals surface area (Å²) in [6, 6.07) is 5.38. The number of halogens is 1. The molecule has 2 rings (SSSR count). The van der Waals surface area contributed by atoms with E-state index in [1.165, 1.54) is 46.8 Å². The second-order valence-corrected chi connectivity index (χ2v) is 4.77. The van der Waals surface area contributed by atoms with Gasteiger partial charge in [-0.15, -0.1) is 0 Å². The molecule has 110 valence electrons. The SMILES string of the molecule is CCOC(=O)c1cnc(SC)n(-c2ccc(F)cc2)c1=O. The molecule has 1 aromatic heterocycles. The maximum absolute atomic E-state index is 13.0. The third-order valence-corrected chi connectivity index (χ3v) is 3.34. The monoisotopic (exact) mass is 308 g/mol. The van der Waals surface area contributed by atoms with Gasteiger partial charge in [0.25, 0.3) is 5.56 Å². The van der Waals surface area contributed by atoms with Gasteiger partial charge in [0, 0.05) is 0 Å². The lowest BCUT2D eigenvalue weighted by Gasteiger charge is -2.11. The minimum atomic E-state index is -0.724. The maximum atomic E-state index is 13.0. The zero-order valence-electron chi connectivity index (χ0n) is 11.5. The first-order chi connectivity index (χ1) is 10.1. The van der Waals surface area contributed by atoms with Crippen molar-refractivity contribution in [1.82, 2.24) is 9.55 Å². The molecule has 21 heavy (non-hydrogen) atoms. The van der Waals surface area contributed by atoms with Crippen molar-refractivity contribution < 1.29 is 13.9 Å². The van der Waals surface area contributed by atoms with Crippen LogP contribution in [-0.2, 0) is 4.74 Å². The zero-order valence-corrected chi connectivity index (χ0v) is 12.3. The van der Waals surface area contributed by atoms with Gasteiger partial charge in [-0.2, -0.15) is 0 Å². The number of hydrogen-bond donors (Lipinski definition) is 0. The molecule has 0 atom stereocenters. The summed E-state index contributed by atoms with van der Waals surface area (Å²) < 4.78 is 19.1. The largest absolute Gasteiger partial charge is 0.462 e. The van der Waals surface area contributed by atoms with Gasteiger partial charge in [-0.3, -0.25) is 9.36 Å². The van der Waals surface area contributed by atoms with Crippen LogP contribution in [0.2, 0.25) is 0 Å². The van der Waals surface area contributed by atoms with E-state index in [9.17, 15) is 14.0 Å². The smallest absolute Gasteiger partial charge is 0.345 e. The van der Waals surface area contributed by atoms with Crippen LogP contribution in [0, 0.1) is 5.82 Å². The molecule has 1 aromatic carbocycles. The number of carbonyl (C=O) groups is 1. The number of carbonyl (C=O) groups excluding carboxylic acids is 1. The number of thioether (sulfide) groups is 1. The summed E-state index contributed by atoms with van der Waals surface area (Å²) in [7, 11) is 0. The van der Waals surface area contributed by atoms with E-state index in [4.69, 9.17) is 4.74 Å². The molecule has 0 radical (unpaired) electrons. The first-order valence-corrected chi connectivity index (χ1v) is 7.40. The lowest BCUT2D eigenvalue weighted by atomic mass is 10.3. The molecule has 1 heterocycles. The van der Waals surface area contributed by atoms with Crippen molar-refractivity contribution in [3.05, 3.63) is 52.2 Å². The van der Waals surface area contributed by atoms with Crippen LogP contribution in [0.25, 0.3) is 5.69 Å². The van der Waals surface area contributed by atoms with Crippen molar-refractivity contribution in [3.8, 4) is 5.69 Å². The molecular formula is C14H13FN2O3S. The van der Waals surface area contributed by atoms with Crippen LogP contribution in [0.5, 0.6) is 0 Å². The molecule has 0 aliphatic heterocycles. The summed E-state index contributed by atoms with van der Waals surface area (Å²) in [4.78, 5) is 28.3. The fourth-order valence-electron chi connectivity index (χ4n) is 1.75. The molecule has 0 N–H and O–H groups in total. The van der Waals surface area contributed by atoms with Gasteiger partial charge in [0.15, 0.2) is 5.16 Å². The van der Waals surface area contributed by atoms with Gasteiger partial charge in [0.1, 0.15) is 11.4 Å². The van der Waals surface area contributed by atoms with E-state index in [1.54, 1.807) is 13.2 Å². The standard InChI is InChI=1S/C14H13FN2O3S/c1-3-20-13(19)11-8-16-14(21-2)17(12(11)18)10-6-4-9(15)5-7-10/h4-8H,3H2,1-2H3. The molecule has 0 fully saturated rings. The minimum Gasteiger partial charge on any atom is -0.462 e. The van der Waals surface area contributed by atoms with Crippen molar-refractivity contribution >= 4 is 17.7 Å². The Balaban J connectivity index is 2.62. The molecule has 0 saturated heterocycles. The maximum Gasteiger partial charge on any atom is 0.345 e. The summed E-state index contributed by atoms with van der Waals surface area (Å²) in [6.45, 7) is 1.82. The number of nitrogens with zero attached hydrogens (tertiary/aromatic N) is 2. The predicted molar refractivity (Wildman–Crippen MR) is 77.5 cm³/mol. The van der Waals surface area contributed by atoms with E-state index < -0.39 is 17.3 Å². The van der Waals surface area contributed by atoms with E-state index >= 15 is 0 Å². The van der Waals surface area contributed by atoms with Gasteiger partial charge in [0.2, 0.25) is 0 Å². The van der Waals surface area contributed by atoms with Crippen molar-refractivity contribution in [2.24, 2.45) is 0 Å². The highest BCUT2D eigenvalue weighted by Gasteiger charge is 2.18. The van der Waals surface area contributed by atoms with Crippen LogP contribution >= 0.6 is 11.8 Å². The van der Waals surface area contributed by atoms with E-state index in [1.807, 2.05) is 0 Å². The molecule has 5 nitrogen and oxygen atoms in total. The molecule has 2 aromatic rings. The molecule has 0 unspecified atom stereocenters. The van der Waals surface area contributed by atoms with E-state index in [0.717, 1.165) is 0 Å². The van der Waals surface area contributed by atoms with Gasteiger partial charge >= 0.3 is 5.97 Å². The van der Waals surface area contributed by atoms with Gasteiger partial charge < -0.3 is 4.74 Å². The average Bonchev–Trinajstić information content (AvgIpc) is 2.48. The highest BCUT2D eigenvalue weighted by Crippen LogP contribution is 2.16. The lowest BCUT2D eigenvalue weighted by molar-refractivity contribution is 0.0523. The van der Waals surface area contributed by atoms with E-state index in [0.29, 0.717) is 10.8 Å². The molecular weight excluding hydrogens is 295 g/mol. The van der Waals surface area contributed by atoms with Crippen molar-refractivity contribution in [1.29, 1.82) is 0 Å². The van der Waals surface area contributed by atoms with Gasteiger partial charge in [0.05, 0.1) is 18.5 Å². The van der Waals surface area contributed by atoms with Gasteiger partial charge in [-0.25, -0.2) is 14.2 Å². The molecule has 0 amide bonds. The Morgan fingerprint density at radius 1 is 1.38 bits per heavy atom. The number of esters is 1. The topological polar surface area (TPSA) is 61.2 Å². The van der Waals surface area contributed by atoms with Crippen LogP contribution < -0.4 is 5.56 Å². The first kappa shape index (κ1) is 15.2. The summed E-state index contributed by atoms with van der Waals surface area (Å²) in [6.07, 6.45) is 2.96. The molecule has 0 aliphatic rings. The Kier molecular flexibility index (Phi) is 4.74. The highest BCUT2D eigenvalue weighted by molar-refractivity contribution is 7.98. The average molecular weight is 308 g/mol. The Hall–Kier alpha value is -2.15. The van der Waals surface area contributed by atoms with Gasteiger partial charge in [-0.1, -0.05) is 11.8 Å². The summed E-state index contributed by atoms with van der Waals surface area (Å²) in [5, 5.41) is 0.402. The van der Waals surface area contributed by atoms with Crippen LogP contribution in [0.4, 0.5) is 4.39 Å². The number of ether oxygens (including phenoxy) is 1. The van der Waals surface area contributed by atoms with Crippen LogP contribution in [0.15, 0.2) is 40.4 Å². The van der Waals surface area contributed by atoms with Crippen LogP contribution in [0.1, 0.15) is 17.3 Å². The van der Waals surface area contributed by atoms with Crippen molar-refractivity contribution in [2.45, 2.75) is 12.1 Å². The quantitative estimate of drug-likeness (QED) is 0.492. The zero-order chi connectivity index (χ0) is 15.4. The normalized spacial score (nSPS) is 10.4. The summed E-state index contributed by atoms with van der Waals surface area (Å²) in [5.74, 6) is -1.13. The van der Waals surface area contributed by atoms with Crippen molar-refractivity contribution in [3.63, 3.8) is 0 Å². The molecule has 0 spiro atoms. The number of hydrogen-bond acceptors (Lipinski definition) is 5. The fourth-order valence-corrected chi connectivity index (χ4v) is 2.28. The van der Waals surface area contributed by atoms with E-state index in [-0.39, 0.29) is 12.2 Å². The second kappa shape index (κ2) is 6.53. The number of benzene rings is 1. The minimum absolute atomic E-state index is 0.154. The Morgan fingerprint density at radius 2 is 2.05 bits per heavy atom. The van der Waals surface area contributed by atoms with Crippen LogP contribution in [0.3, 0.4) is 0 Å². The van der Waals surface area contributed by atoms with Gasteiger partial charge in [-0.05, 0) is 37.4 Å².